The van der Waals surface area contributed by atoms with Crippen molar-refractivity contribution < 1.29 is 9.47 Å². The van der Waals surface area contributed by atoms with Gasteiger partial charge in [-0.2, -0.15) is 0 Å². The number of ether oxygens (including phenoxy) is 2. The van der Waals surface area contributed by atoms with Crippen LogP contribution in [0.1, 0.15) is 19.4 Å². The average molecular weight is 230 g/mol. The summed E-state index contributed by atoms with van der Waals surface area (Å²) < 4.78 is 10.9. The first kappa shape index (κ1) is 12.3. The minimum atomic E-state index is 0.232. The van der Waals surface area contributed by atoms with Crippen LogP contribution in [0.25, 0.3) is 0 Å². The molecule has 1 heterocycles. The van der Waals surface area contributed by atoms with Crippen molar-refractivity contribution in [3.05, 3.63) is 23.0 Å². The van der Waals surface area contributed by atoms with Crippen LogP contribution >= 0.6 is 11.6 Å². The Kier molecular flexibility index (Phi) is 4.85. The molecule has 0 aliphatic carbocycles. The van der Waals surface area contributed by atoms with Gasteiger partial charge in [-0.1, -0.05) is 11.6 Å². The van der Waals surface area contributed by atoms with E-state index >= 15 is 0 Å². The smallest absolute Gasteiger partial charge is 0.132 e. The molecule has 0 saturated carbocycles. The van der Waals surface area contributed by atoms with E-state index in [-0.39, 0.29) is 6.10 Å². The van der Waals surface area contributed by atoms with Crippen molar-refractivity contribution in [1.29, 1.82) is 0 Å². The van der Waals surface area contributed by atoms with E-state index in [0.29, 0.717) is 18.4 Å². The lowest BCUT2D eigenvalue weighted by Crippen LogP contribution is -2.11. The summed E-state index contributed by atoms with van der Waals surface area (Å²) in [5, 5.41) is 0.445. The van der Waals surface area contributed by atoms with Crippen LogP contribution in [0, 0.1) is 6.92 Å². The van der Waals surface area contributed by atoms with Gasteiger partial charge in [-0.25, -0.2) is 4.98 Å². The molecule has 0 fully saturated rings. The Morgan fingerprint density at radius 2 is 2.13 bits per heavy atom. The minimum absolute atomic E-state index is 0.232. The van der Waals surface area contributed by atoms with Crippen molar-refractivity contribution in [2.75, 3.05) is 13.2 Å². The maximum atomic E-state index is 5.76. The van der Waals surface area contributed by atoms with Gasteiger partial charge in [-0.15, -0.1) is 0 Å². The number of rotatable bonds is 5. The van der Waals surface area contributed by atoms with Gasteiger partial charge < -0.3 is 9.47 Å². The van der Waals surface area contributed by atoms with Crippen molar-refractivity contribution in [1.82, 2.24) is 4.98 Å². The van der Waals surface area contributed by atoms with Crippen LogP contribution in [-0.4, -0.2) is 24.3 Å². The van der Waals surface area contributed by atoms with E-state index in [1.54, 1.807) is 12.3 Å². The second-order valence-electron chi connectivity index (χ2n) is 3.54. The maximum Gasteiger partial charge on any atom is 0.132 e. The normalized spacial score (nSPS) is 10.7. The van der Waals surface area contributed by atoms with E-state index < -0.39 is 0 Å². The van der Waals surface area contributed by atoms with Crippen molar-refractivity contribution in [3.8, 4) is 5.75 Å². The Morgan fingerprint density at radius 3 is 2.80 bits per heavy atom. The quantitative estimate of drug-likeness (QED) is 0.575. The van der Waals surface area contributed by atoms with Crippen LogP contribution < -0.4 is 4.74 Å². The zero-order chi connectivity index (χ0) is 11.3. The number of hydrogen-bond donors (Lipinski definition) is 0. The van der Waals surface area contributed by atoms with Gasteiger partial charge in [0.25, 0.3) is 0 Å². The Bertz CT molecular complexity index is 315. The Labute approximate surface area is 95.4 Å². The highest BCUT2D eigenvalue weighted by Crippen LogP contribution is 2.19. The molecule has 0 N–H and O–H groups in total. The van der Waals surface area contributed by atoms with E-state index in [1.807, 2.05) is 20.8 Å². The summed E-state index contributed by atoms with van der Waals surface area (Å²) in [6.07, 6.45) is 1.93. The molecular weight excluding hydrogens is 214 g/mol. The number of aryl methyl sites for hydroxylation is 1. The predicted octanol–water partition coefficient (Wildman–Crippen LogP) is 2.85. The third kappa shape index (κ3) is 4.49. The molecule has 3 nitrogen and oxygen atoms in total. The first-order chi connectivity index (χ1) is 7.09. The number of pyridine rings is 1. The van der Waals surface area contributed by atoms with E-state index in [2.05, 4.69) is 4.98 Å². The summed E-state index contributed by atoms with van der Waals surface area (Å²) in [7, 11) is 0. The standard InChI is InChI=1S/C11H16ClNO2/c1-8(2)14-4-5-15-10-6-11(12)13-7-9(10)3/h6-8H,4-5H2,1-3H3. The van der Waals surface area contributed by atoms with Gasteiger partial charge in [-0.05, 0) is 20.8 Å². The first-order valence-corrected chi connectivity index (χ1v) is 5.34. The van der Waals surface area contributed by atoms with Gasteiger partial charge in [0.15, 0.2) is 0 Å². The Balaban J connectivity index is 2.40. The molecule has 1 rings (SSSR count). The third-order valence-electron chi connectivity index (χ3n) is 1.81. The summed E-state index contributed by atoms with van der Waals surface area (Å²) in [6, 6.07) is 1.71. The molecule has 4 heteroatoms. The molecule has 0 aliphatic rings. The molecule has 0 bridgehead atoms. The summed E-state index contributed by atoms with van der Waals surface area (Å²) in [6.45, 7) is 7.03. The summed E-state index contributed by atoms with van der Waals surface area (Å²) in [5.41, 5.74) is 0.976. The molecule has 1 aromatic rings. The van der Waals surface area contributed by atoms with Crippen molar-refractivity contribution in [2.45, 2.75) is 26.9 Å². The number of nitrogens with zero attached hydrogens (tertiary/aromatic N) is 1. The van der Waals surface area contributed by atoms with Gasteiger partial charge in [-0.3, -0.25) is 0 Å². The van der Waals surface area contributed by atoms with Crippen molar-refractivity contribution in [2.24, 2.45) is 0 Å². The van der Waals surface area contributed by atoms with E-state index in [1.165, 1.54) is 0 Å². The number of aromatic nitrogens is 1. The molecule has 0 atom stereocenters. The zero-order valence-electron chi connectivity index (χ0n) is 9.29. The lowest BCUT2D eigenvalue weighted by molar-refractivity contribution is 0.0551. The SMILES string of the molecule is Cc1cnc(Cl)cc1OCCOC(C)C. The zero-order valence-corrected chi connectivity index (χ0v) is 10.0. The molecule has 0 unspecified atom stereocenters. The monoisotopic (exact) mass is 229 g/mol. The van der Waals surface area contributed by atoms with E-state index in [4.69, 9.17) is 21.1 Å². The highest BCUT2D eigenvalue weighted by atomic mass is 35.5. The van der Waals surface area contributed by atoms with Gasteiger partial charge in [0.05, 0.1) is 12.7 Å². The molecular formula is C11H16ClNO2. The Morgan fingerprint density at radius 1 is 1.40 bits per heavy atom. The van der Waals surface area contributed by atoms with Crippen LogP contribution in [0.4, 0.5) is 0 Å². The molecule has 15 heavy (non-hydrogen) atoms. The molecule has 0 aliphatic heterocycles. The van der Waals surface area contributed by atoms with Gasteiger partial charge in [0.1, 0.15) is 17.5 Å². The fourth-order valence-electron chi connectivity index (χ4n) is 1.07. The molecule has 0 aromatic carbocycles. The third-order valence-corrected chi connectivity index (χ3v) is 2.02. The topological polar surface area (TPSA) is 31.4 Å². The number of halogens is 1. The predicted molar refractivity (Wildman–Crippen MR) is 60.6 cm³/mol. The highest BCUT2D eigenvalue weighted by molar-refractivity contribution is 6.29. The summed E-state index contributed by atoms with van der Waals surface area (Å²) in [4.78, 5) is 3.95. The first-order valence-electron chi connectivity index (χ1n) is 4.96. The number of hydrogen-bond acceptors (Lipinski definition) is 3. The fourth-order valence-corrected chi connectivity index (χ4v) is 1.22. The lowest BCUT2D eigenvalue weighted by Gasteiger charge is -2.10. The minimum Gasteiger partial charge on any atom is -0.491 e. The van der Waals surface area contributed by atoms with Crippen LogP contribution in [0.3, 0.4) is 0 Å². The molecule has 0 spiro atoms. The fraction of sp³-hybridized carbons (Fsp3) is 0.545. The van der Waals surface area contributed by atoms with E-state index in [0.717, 1.165) is 11.3 Å². The second kappa shape index (κ2) is 5.93. The van der Waals surface area contributed by atoms with Crippen molar-refractivity contribution >= 4 is 11.6 Å². The van der Waals surface area contributed by atoms with Crippen LogP contribution in [0.15, 0.2) is 12.3 Å². The average Bonchev–Trinajstić information content (AvgIpc) is 2.17. The maximum absolute atomic E-state index is 5.76. The molecule has 0 amide bonds. The Hall–Kier alpha value is -0.800. The summed E-state index contributed by atoms with van der Waals surface area (Å²) >= 11 is 5.76. The van der Waals surface area contributed by atoms with Crippen LogP contribution in [0.5, 0.6) is 5.75 Å². The molecule has 0 saturated heterocycles. The molecule has 0 radical (unpaired) electrons. The van der Waals surface area contributed by atoms with Crippen LogP contribution in [-0.2, 0) is 4.74 Å². The van der Waals surface area contributed by atoms with Gasteiger partial charge >= 0.3 is 0 Å². The van der Waals surface area contributed by atoms with Gasteiger partial charge in [0, 0.05) is 17.8 Å². The van der Waals surface area contributed by atoms with Gasteiger partial charge in [0.2, 0.25) is 0 Å². The largest absolute Gasteiger partial charge is 0.491 e. The van der Waals surface area contributed by atoms with Crippen molar-refractivity contribution in [3.63, 3.8) is 0 Å². The lowest BCUT2D eigenvalue weighted by atomic mass is 10.3. The van der Waals surface area contributed by atoms with Crippen LogP contribution in [0.2, 0.25) is 5.15 Å². The van der Waals surface area contributed by atoms with E-state index in [9.17, 15) is 0 Å². The molecule has 84 valence electrons. The highest BCUT2D eigenvalue weighted by Gasteiger charge is 2.01. The molecule has 1 aromatic heterocycles. The second-order valence-corrected chi connectivity index (χ2v) is 3.93. The summed E-state index contributed by atoms with van der Waals surface area (Å²) in [5.74, 6) is 0.766.